The molecule has 0 bridgehead atoms. The third-order valence-corrected chi connectivity index (χ3v) is 19.8. The number of nitrogens with two attached hydrogens (primary N) is 9. The van der Waals surface area contributed by atoms with E-state index in [0.29, 0.717) is 79.0 Å². The lowest BCUT2D eigenvalue weighted by Gasteiger charge is -2.30. The van der Waals surface area contributed by atoms with Gasteiger partial charge in [-0.1, -0.05) is 82.6 Å². The van der Waals surface area contributed by atoms with Crippen LogP contribution in [0.2, 0.25) is 0 Å². The molecule has 2 heterocycles. The molecule has 37 heteroatoms. The number of phenols is 1. The van der Waals surface area contributed by atoms with Gasteiger partial charge < -0.3 is 125 Å². The van der Waals surface area contributed by atoms with E-state index in [4.69, 9.17) is 51.6 Å². The molecule has 0 saturated heterocycles. The van der Waals surface area contributed by atoms with Crippen LogP contribution in [-0.4, -0.2) is 203 Å². The molecule has 0 unspecified atom stereocenters. The monoisotopic (exact) mass is 1620 g/mol. The Bertz CT molecular complexity index is 4100. The normalized spacial score (nSPS) is 14.6. The molecule has 0 radical (unpaired) electrons. The number of carbonyl (C=O) groups is 12. The first-order valence-corrected chi connectivity index (χ1v) is 39.8. The number of primary amides is 1. The minimum absolute atomic E-state index is 0.00512. The third-order valence-electron chi connectivity index (χ3n) is 19.8. The van der Waals surface area contributed by atoms with Gasteiger partial charge in [-0.3, -0.25) is 67.5 Å². The summed E-state index contributed by atoms with van der Waals surface area (Å²) in [5, 5.41) is 41.8. The predicted octanol–water partition coefficient (Wildman–Crippen LogP) is -1.85. The topological polar surface area (TPSA) is 648 Å². The Labute approximate surface area is 676 Å². The van der Waals surface area contributed by atoms with E-state index >= 15 is 9.59 Å². The number of fused-ring (bicyclic) bond motifs is 2. The van der Waals surface area contributed by atoms with Crippen LogP contribution < -0.4 is 110 Å². The van der Waals surface area contributed by atoms with Gasteiger partial charge in [0, 0.05) is 66.6 Å². The van der Waals surface area contributed by atoms with Gasteiger partial charge >= 0.3 is 0 Å². The van der Waals surface area contributed by atoms with Crippen LogP contribution >= 0.6 is 0 Å². The van der Waals surface area contributed by atoms with Gasteiger partial charge in [0.05, 0.1) is 6.04 Å². The molecule has 12 amide bonds. The SMILES string of the molecule is CC[C@H](C)[C@H](NC(=O)[C@H](CCCCN)NC(=O)[C@H](CCCCN)NC(=O)[C@H](C)NC(=O)[C@@H](N)CC(C)C)C(=O)N[C@@H](Cc1ccc(O)cc1)C(=O)N[C@@H](CCCN=C(N)N)C(=O)N[C@@H](C)C(=O)N[C@@H](Cc1c[nH]c2ccccc12)C(=O)N[C@@H](CCCCN)C(=O)N[C@@H](CCCN=C(N)N)C(=O)N[C@@H](Cc1c[nH]c2ccccc12)C(N)=O. The first kappa shape index (κ1) is 95.2. The lowest BCUT2D eigenvalue weighted by atomic mass is 9.96. The summed E-state index contributed by atoms with van der Waals surface area (Å²) in [6, 6.07) is 4.49. The molecule has 3 aromatic carbocycles. The van der Waals surface area contributed by atoms with E-state index in [9.17, 15) is 53.1 Å². The second kappa shape index (κ2) is 49.4. The summed E-state index contributed by atoms with van der Waals surface area (Å²) in [4.78, 5) is 187. The van der Waals surface area contributed by atoms with Gasteiger partial charge in [0.1, 0.15) is 72.2 Å². The van der Waals surface area contributed by atoms with Crippen molar-refractivity contribution < 1.29 is 62.6 Å². The summed E-state index contributed by atoms with van der Waals surface area (Å²) in [7, 11) is 0. The number of nitrogens with one attached hydrogen (secondary N) is 13. The number of para-hydroxylation sites is 2. The molecular formula is C79H124N24O13. The molecule has 5 rings (SSSR count). The minimum Gasteiger partial charge on any atom is -0.508 e. The van der Waals surface area contributed by atoms with E-state index in [0.717, 1.165) is 10.9 Å². The van der Waals surface area contributed by atoms with Crippen molar-refractivity contribution >= 4 is 105 Å². The standard InChI is InChI=1S/C79H124N24O13/c1-7-45(4)65(103-74(113)59(26-14-17-35-82)96-71(110)57(24-12-15-33-80)95-67(106)46(5)93-69(108)54(83)38-44(2)3)77(116)102-63(39-48-29-31-51(104)32-30-48)75(114)99-60(27-18-36-89-78(85)86)70(109)94-47(6)68(107)101-64(41-50-43-92-56-23-11-9-21-53(50)56)76(115)98-58(25-13-16-34-81)72(111)97-61(28-19-37-90-79(87)88)73(112)100-62(66(84)105)40-49-42-91-55-22-10-8-20-52(49)55/h8-11,20-23,29-32,42-47,54,57-65,91-92,104H,7,12-19,24-28,33-41,80-83H2,1-6H3,(H2,84,105)(H,93,108)(H,94,109)(H,95,106)(H,96,110)(H,97,111)(H,98,115)(H,99,114)(H,100,112)(H,101,107)(H,102,116)(H,103,113)(H4,85,86,89)(H4,87,88,90)/t45-,46-,47-,54-,57-,58-,59-,60-,61-,62-,63-,64-,65-/m0/s1. The van der Waals surface area contributed by atoms with E-state index in [-0.39, 0.29) is 121 Å². The number of aromatic amines is 2. The molecule has 13 atom stereocenters. The van der Waals surface area contributed by atoms with Gasteiger partial charge in [0.2, 0.25) is 70.9 Å². The van der Waals surface area contributed by atoms with E-state index in [2.05, 4.69) is 78.4 Å². The Hall–Kier alpha value is -11.4. The van der Waals surface area contributed by atoms with E-state index in [1.807, 2.05) is 44.2 Å². The Morgan fingerprint density at radius 2 is 0.741 bits per heavy atom. The van der Waals surface area contributed by atoms with Crippen LogP contribution in [0.25, 0.3) is 21.8 Å². The summed E-state index contributed by atoms with van der Waals surface area (Å²) in [6.07, 6.45) is 6.13. The second-order valence-corrected chi connectivity index (χ2v) is 29.7. The fourth-order valence-electron chi connectivity index (χ4n) is 12.9. The van der Waals surface area contributed by atoms with E-state index < -0.39 is 149 Å². The number of phenolic OH excluding ortho intramolecular Hbond substituents is 1. The molecule has 0 spiro atoms. The highest BCUT2D eigenvalue weighted by Gasteiger charge is 2.38. The van der Waals surface area contributed by atoms with Crippen molar-refractivity contribution in [3.8, 4) is 5.75 Å². The average Bonchev–Trinajstić information content (AvgIpc) is 1.67. The zero-order chi connectivity index (χ0) is 85.6. The van der Waals surface area contributed by atoms with Crippen molar-refractivity contribution in [2.24, 2.45) is 73.4 Å². The molecule has 5 aromatic rings. The highest BCUT2D eigenvalue weighted by atomic mass is 16.3. The van der Waals surface area contributed by atoms with E-state index in [1.54, 1.807) is 44.4 Å². The van der Waals surface area contributed by atoms with E-state index in [1.165, 1.54) is 38.1 Å². The lowest BCUT2D eigenvalue weighted by molar-refractivity contribution is -0.136. The molecule has 0 aliphatic rings. The van der Waals surface area contributed by atoms with Crippen LogP contribution in [0.4, 0.5) is 0 Å². The summed E-state index contributed by atoms with van der Waals surface area (Å²) in [6.45, 7) is 10.8. The number of aliphatic imine (C=N–C) groups is 2. The quantitative estimate of drug-likeness (QED) is 0.0115. The second-order valence-electron chi connectivity index (χ2n) is 29.7. The van der Waals surface area contributed by atoms with Gasteiger partial charge in [-0.15, -0.1) is 0 Å². The van der Waals surface area contributed by atoms with Crippen molar-refractivity contribution in [3.05, 3.63) is 102 Å². The smallest absolute Gasteiger partial charge is 0.243 e. The lowest BCUT2D eigenvalue weighted by Crippen LogP contribution is -2.61. The number of nitrogens with zero attached hydrogens (tertiary/aromatic N) is 2. The summed E-state index contributed by atoms with van der Waals surface area (Å²) in [5.41, 5.74) is 55.3. The molecule has 0 aliphatic carbocycles. The molecule has 0 aliphatic heterocycles. The van der Waals surface area contributed by atoms with Gasteiger partial charge in [-0.25, -0.2) is 0 Å². The summed E-state index contributed by atoms with van der Waals surface area (Å²) >= 11 is 0. The number of benzene rings is 3. The number of hydrogen-bond acceptors (Lipinski definition) is 19. The summed E-state index contributed by atoms with van der Waals surface area (Å²) in [5.74, 6) is -10.8. The third kappa shape index (κ3) is 32.1. The zero-order valence-electron chi connectivity index (χ0n) is 67.4. The van der Waals surface area contributed by atoms with Gasteiger partial charge in [-0.05, 0) is 176 Å². The van der Waals surface area contributed by atoms with Crippen molar-refractivity contribution in [2.45, 2.75) is 230 Å². The van der Waals surface area contributed by atoms with Crippen LogP contribution in [0.1, 0.15) is 155 Å². The summed E-state index contributed by atoms with van der Waals surface area (Å²) < 4.78 is 0. The fraction of sp³-hybridized carbons (Fsp3) is 0.544. The first-order valence-electron chi connectivity index (χ1n) is 39.8. The maximum absolute atomic E-state index is 15.1. The van der Waals surface area contributed by atoms with Crippen molar-refractivity contribution in [1.82, 2.24) is 68.5 Å². The molecule has 32 N–H and O–H groups in total. The molecule has 37 nitrogen and oxygen atoms in total. The Balaban J connectivity index is 1.43. The minimum atomic E-state index is -1.53. The molecule has 638 valence electrons. The maximum Gasteiger partial charge on any atom is 0.243 e. The predicted molar refractivity (Wildman–Crippen MR) is 443 cm³/mol. The van der Waals surface area contributed by atoms with Gasteiger partial charge in [0.25, 0.3) is 0 Å². The number of rotatable bonds is 53. The Kier molecular flexibility index (Phi) is 40.5. The number of unbranched alkanes of at least 4 members (excludes halogenated alkanes) is 3. The zero-order valence-corrected chi connectivity index (χ0v) is 67.4. The van der Waals surface area contributed by atoms with Gasteiger partial charge in [0.15, 0.2) is 11.9 Å². The Morgan fingerprint density at radius 1 is 0.397 bits per heavy atom. The number of guanidine groups is 2. The first-order chi connectivity index (χ1) is 55.3. The molecular weight excluding hydrogens is 1490 g/mol. The number of amides is 12. The molecule has 0 saturated carbocycles. The van der Waals surface area contributed by atoms with Crippen molar-refractivity contribution in [1.29, 1.82) is 0 Å². The number of H-pyrrole nitrogens is 2. The van der Waals surface area contributed by atoms with Crippen molar-refractivity contribution in [3.63, 3.8) is 0 Å². The number of hydrogen-bond donors (Lipinski definition) is 23. The Morgan fingerprint density at radius 3 is 1.15 bits per heavy atom. The number of aromatic hydroxyl groups is 1. The maximum atomic E-state index is 15.1. The van der Waals surface area contributed by atoms with Crippen LogP contribution in [0.3, 0.4) is 0 Å². The van der Waals surface area contributed by atoms with Crippen molar-refractivity contribution in [2.75, 3.05) is 32.7 Å². The van der Waals surface area contributed by atoms with Crippen LogP contribution in [0.15, 0.2) is 95.2 Å². The van der Waals surface area contributed by atoms with Crippen LogP contribution in [-0.2, 0) is 76.8 Å². The van der Waals surface area contributed by atoms with Crippen LogP contribution in [0.5, 0.6) is 5.75 Å². The fourth-order valence-corrected chi connectivity index (χ4v) is 12.9. The van der Waals surface area contributed by atoms with Crippen LogP contribution in [0, 0.1) is 11.8 Å². The molecule has 0 fully saturated rings. The molecule has 2 aromatic heterocycles. The number of aromatic nitrogens is 2. The van der Waals surface area contributed by atoms with Gasteiger partial charge in [-0.2, -0.15) is 0 Å². The largest absolute Gasteiger partial charge is 0.508 e. The highest BCUT2D eigenvalue weighted by molar-refractivity contribution is 6.00. The highest BCUT2D eigenvalue weighted by Crippen LogP contribution is 2.23. The molecule has 116 heavy (non-hydrogen) atoms. The average molecular weight is 1620 g/mol. The number of carbonyl (C=O) groups excluding carboxylic acids is 12.